The van der Waals surface area contributed by atoms with E-state index in [0.29, 0.717) is 11.4 Å². The van der Waals surface area contributed by atoms with Crippen LogP contribution in [-0.4, -0.2) is 21.8 Å². The van der Waals surface area contributed by atoms with Crippen LogP contribution in [0.4, 0.5) is 5.69 Å². The molecule has 172 valence electrons. The third kappa shape index (κ3) is 4.58. The lowest BCUT2D eigenvalue weighted by Crippen LogP contribution is -2.16. The Morgan fingerprint density at radius 3 is 2.56 bits per heavy atom. The van der Waals surface area contributed by atoms with Gasteiger partial charge in [-0.1, -0.05) is 48.5 Å². The van der Waals surface area contributed by atoms with Crippen molar-refractivity contribution in [2.45, 2.75) is 6.10 Å². The van der Waals surface area contributed by atoms with Gasteiger partial charge in [0.05, 0.1) is 23.8 Å². The number of methoxy groups -OCH3 is 1. The smallest absolute Gasteiger partial charge is 0.229 e. The van der Waals surface area contributed by atoms with Gasteiger partial charge in [0.2, 0.25) is 10.0 Å². The van der Waals surface area contributed by atoms with Crippen molar-refractivity contribution >= 4 is 39.2 Å². The van der Waals surface area contributed by atoms with Crippen LogP contribution in [0.25, 0.3) is 23.3 Å². The van der Waals surface area contributed by atoms with Crippen LogP contribution < -0.4 is 14.2 Å². The Kier molecular flexibility index (Phi) is 5.89. The SMILES string of the molecule is COc1cccc2c1-c1ccc(NS(C)(=O)=O)cc1C(c1ccc(/C=C/c3ccccc3)s1)O2. The van der Waals surface area contributed by atoms with E-state index in [1.54, 1.807) is 24.5 Å². The zero-order chi connectivity index (χ0) is 23.7. The molecule has 4 aromatic rings. The molecule has 0 fully saturated rings. The molecular weight excluding hydrogens is 466 g/mol. The first-order chi connectivity index (χ1) is 16.4. The second-order valence-corrected chi connectivity index (χ2v) is 10.9. The van der Waals surface area contributed by atoms with Crippen molar-refractivity contribution in [1.29, 1.82) is 0 Å². The topological polar surface area (TPSA) is 64.6 Å². The number of ether oxygens (including phenoxy) is 2. The quantitative estimate of drug-likeness (QED) is 0.338. The summed E-state index contributed by atoms with van der Waals surface area (Å²) in [4.78, 5) is 2.13. The highest BCUT2D eigenvalue weighted by Crippen LogP contribution is 2.50. The molecule has 1 aromatic heterocycles. The normalized spacial score (nSPS) is 14.8. The van der Waals surface area contributed by atoms with Crippen molar-refractivity contribution in [2.75, 3.05) is 18.1 Å². The summed E-state index contributed by atoms with van der Waals surface area (Å²) >= 11 is 1.64. The minimum atomic E-state index is -3.41. The van der Waals surface area contributed by atoms with Crippen LogP contribution in [0.2, 0.25) is 0 Å². The summed E-state index contributed by atoms with van der Waals surface area (Å²) in [5.41, 5.74) is 4.33. The lowest BCUT2D eigenvalue weighted by Gasteiger charge is -2.29. The molecule has 0 saturated heterocycles. The summed E-state index contributed by atoms with van der Waals surface area (Å²) < 4.78 is 38.3. The highest BCUT2D eigenvalue weighted by Gasteiger charge is 2.31. The maximum Gasteiger partial charge on any atom is 0.229 e. The molecule has 5 rings (SSSR count). The Bertz CT molecular complexity index is 1470. The van der Waals surface area contributed by atoms with Crippen molar-refractivity contribution in [3.8, 4) is 22.6 Å². The summed E-state index contributed by atoms with van der Waals surface area (Å²) in [6.07, 6.45) is 4.94. The molecule has 0 saturated carbocycles. The number of nitrogens with one attached hydrogen (secondary N) is 1. The van der Waals surface area contributed by atoms with Crippen molar-refractivity contribution in [2.24, 2.45) is 0 Å². The van der Waals surface area contributed by atoms with E-state index in [-0.39, 0.29) is 6.10 Å². The molecule has 3 aromatic carbocycles. The number of benzene rings is 3. The summed E-state index contributed by atoms with van der Waals surface area (Å²) in [5.74, 6) is 1.44. The van der Waals surface area contributed by atoms with E-state index in [0.717, 1.165) is 44.0 Å². The fraction of sp³-hybridized carbons (Fsp3) is 0.111. The van der Waals surface area contributed by atoms with E-state index in [2.05, 4.69) is 41.1 Å². The van der Waals surface area contributed by atoms with Crippen LogP contribution in [-0.2, 0) is 10.0 Å². The first kappa shape index (κ1) is 22.3. The van der Waals surface area contributed by atoms with Gasteiger partial charge in [-0.15, -0.1) is 11.3 Å². The molecule has 1 N–H and O–H groups in total. The van der Waals surface area contributed by atoms with Crippen LogP contribution >= 0.6 is 11.3 Å². The number of sulfonamides is 1. The number of hydrogen-bond donors (Lipinski definition) is 1. The average Bonchev–Trinajstić information content (AvgIpc) is 3.30. The molecule has 2 heterocycles. The number of rotatable bonds is 6. The number of fused-ring (bicyclic) bond motifs is 3. The molecule has 34 heavy (non-hydrogen) atoms. The molecule has 7 heteroatoms. The third-order valence-electron chi connectivity index (χ3n) is 5.50. The fourth-order valence-electron chi connectivity index (χ4n) is 4.07. The van der Waals surface area contributed by atoms with Crippen molar-refractivity contribution < 1.29 is 17.9 Å². The Labute approximate surface area is 203 Å². The molecule has 0 bridgehead atoms. The molecule has 1 aliphatic rings. The van der Waals surface area contributed by atoms with Gasteiger partial charge in [0, 0.05) is 16.1 Å². The standard InChI is InChI=1S/C27H23NO4S2/c1-31-23-9-6-10-24-26(23)21-15-12-19(28-34(2,29)30)17-22(21)27(32-24)25-16-14-20(33-25)13-11-18-7-4-3-5-8-18/h3-17,27-28H,1-2H3/b13-11+. The zero-order valence-electron chi connectivity index (χ0n) is 18.7. The first-order valence-corrected chi connectivity index (χ1v) is 13.4. The predicted molar refractivity (Wildman–Crippen MR) is 139 cm³/mol. The highest BCUT2D eigenvalue weighted by molar-refractivity contribution is 7.92. The van der Waals surface area contributed by atoms with E-state index in [1.807, 2.05) is 48.5 Å². The van der Waals surface area contributed by atoms with Gasteiger partial charge in [-0.3, -0.25) is 4.72 Å². The van der Waals surface area contributed by atoms with Gasteiger partial charge in [0.1, 0.15) is 11.5 Å². The molecule has 5 nitrogen and oxygen atoms in total. The van der Waals surface area contributed by atoms with Crippen LogP contribution in [0.3, 0.4) is 0 Å². The lowest BCUT2D eigenvalue weighted by atomic mass is 9.91. The van der Waals surface area contributed by atoms with E-state index < -0.39 is 10.0 Å². The Balaban J connectivity index is 1.57. The highest BCUT2D eigenvalue weighted by atomic mass is 32.2. The molecule has 1 aliphatic heterocycles. The van der Waals surface area contributed by atoms with Crippen molar-refractivity contribution in [3.63, 3.8) is 0 Å². The lowest BCUT2D eigenvalue weighted by molar-refractivity contribution is 0.246. The van der Waals surface area contributed by atoms with E-state index in [4.69, 9.17) is 9.47 Å². The minimum Gasteiger partial charge on any atom is -0.496 e. The predicted octanol–water partition coefficient (Wildman–Crippen LogP) is 6.45. The van der Waals surface area contributed by atoms with E-state index in [9.17, 15) is 8.42 Å². The van der Waals surface area contributed by atoms with Gasteiger partial charge in [-0.2, -0.15) is 0 Å². The zero-order valence-corrected chi connectivity index (χ0v) is 20.3. The maximum absolute atomic E-state index is 11.8. The summed E-state index contributed by atoms with van der Waals surface area (Å²) in [7, 11) is -1.78. The fourth-order valence-corrected chi connectivity index (χ4v) is 5.59. The van der Waals surface area contributed by atoms with Crippen LogP contribution in [0.15, 0.2) is 78.9 Å². The maximum atomic E-state index is 11.8. The largest absolute Gasteiger partial charge is 0.496 e. The summed E-state index contributed by atoms with van der Waals surface area (Å²) in [6, 6.07) is 25.5. The van der Waals surface area contributed by atoms with Crippen LogP contribution in [0.1, 0.15) is 27.0 Å². The number of hydrogen-bond acceptors (Lipinski definition) is 5. The molecule has 0 aliphatic carbocycles. The average molecular weight is 490 g/mol. The molecule has 1 unspecified atom stereocenters. The van der Waals surface area contributed by atoms with Gasteiger partial charge in [-0.25, -0.2) is 8.42 Å². The van der Waals surface area contributed by atoms with Gasteiger partial charge in [0.25, 0.3) is 0 Å². The van der Waals surface area contributed by atoms with Gasteiger partial charge in [0.15, 0.2) is 6.10 Å². The second-order valence-electron chi connectivity index (χ2n) is 7.99. The monoisotopic (exact) mass is 489 g/mol. The van der Waals surface area contributed by atoms with E-state index in [1.165, 1.54) is 0 Å². The van der Waals surface area contributed by atoms with Crippen molar-refractivity contribution in [1.82, 2.24) is 0 Å². The van der Waals surface area contributed by atoms with Crippen LogP contribution in [0.5, 0.6) is 11.5 Å². The summed E-state index contributed by atoms with van der Waals surface area (Å²) in [6.45, 7) is 0. The van der Waals surface area contributed by atoms with E-state index >= 15 is 0 Å². The first-order valence-electron chi connectivity index (χ1n) is 10.7. The number of anilines is 1. The van der Waals surface area contributed by atoms with Gasteiger partial charge < -0.3 is 9.47 Å². The Morgan fingerprint density at radius 2 is 1.79 bits per heavy atom. The van der Waals surface area contributed by atoms with Crippen LogP contribution in [0, 0.1) is 0 Å². The van der Waals surface area contributed by atoms with Crippen molar-refractivity contribution in [3.05, 3.63) is 99.7 Å². The second kappa shape index (κ2) is 9.00. The molecule has 0 amide bonds. The molecule has 0 radical (unpaired) electrons. The molecular formula is C27H23NO4S2. The summed E-state index contributed by atoms with van der Waals surface area (Å²) in [5, 5.41) is 0. The minimum absolute atomic E-state index is 0.375. The Hall–Kier alpha value is -3.55. The van der Waals surface area contributed by atoms with Gasteiger partial charge >= 0.3 is 0 Å². The number of thiophene rings is 1. The Morgan fingerprint density at radius 1 is 0.971 bits per heavy atom. The third-order valence-corrected chi connectivity index (χ3v) is 7.21. The molecule has 1 atom stereocenters. The molecule has 0 spiro atoms. The van der Waals surface area contributed by atoms with Gasteiger partial charge in [-0.05, 0) is 53.6 Å².